The van der Waals surface area contributed by atoms with Crippen LogP contribution in [0.1, 0.15) is 70.4 Å². The monoisotopic (exact) mass is 288 g/mol. The Balaban J connectivity index is 1.97. The highest BCUT2D eigenvalue weighted by atomic mass is 15.1. The third-order valence-electron chi connectivity index (χ3n) is 4.87. The third kappa shape index (κ3) is 4.74. The zero-order chi connectivity index (χ0) is 15.1. The van der Waals surface area contributed by atoms with Crippen molar-refractivity contribution in [1.82, 2.24) is 5.32 Å². The average molecular weight is 288 g/mol. The summed E-state index contributed by atoms with van der Waals surface area (Å²) in [6.45, 7) is 5.55. The van der Waals surface area contributed by atoms with Crippen LogP contribution >= 0.6 is 0 Å². The van der Waals surface area contributed by atoms with E-state index in [1.165, 1.54) is 56.2 Å². The molecule has 118 valence electrons. The average Bonchev–Trinajstić information content (AvgIpc) is 2.81. The van der Waals surface area contributed by atoms with Gasteiger partial charge in [-0.25, -0.2) is 0 Å². The predicted molar refractivity (Wildman–Crippen MR) is 93.0 cm³/mol. The fraction of sp³-hybridized carbons (Fsp3) is 0.684. The van der Waals surface area contributed by atoms with Crippen molar-refractivity contribution in [3.63, 3.8) is 0 Å². The molecule has 0 bridgehead atoms. The van der Waals surface area contributed by atoms with Crippen LogP contribution in [0.4, 0.5) is 5.69 Å². The van der Waals surface area contributed by atoms with E-state index in [0.29, 0.717) is 6.04 Å². The highest BCUT2D eigenvalue weighted by molar-refractivity contribution is 5.48. The predicted octanol–water partition coefficient (Wildman–Crippen LogP) is 4.91. The molecule has 1 unspecified atom stereocenters. The maximum absolute atomic E-state index is 3.56. The van der Waals surface area contributed by atoms with Crippen LogP contribution < -0.4 is 10.2 Å². The van der Waals surface area contributed by atoms with E-state index in [0.717, 1.165) is 12.6 Å². The van der Waals surface area contributed by atoms with Crippen LogP contribution in [0.25, 0.3) is 0 Å². The summed E-state index contributed by atoms with van der Waals surface area (Å²) in [6, 6.07) is 10.3. The van der Waals surface area contributed by atoms with Crippen LogP contribution in [0.3, 0.4) is 0 Å². The first-order chi connectivity index (χ1) is 10.2. The Kier molecular flexibility index (Phi) is 6.56. The van der Waals surface area contributed by atoms with Crippen LogP contribution in [0.15, 0.2) is 24.3 Å². The molecule has 2 nitrogen and oxygen atoms in total. The highest BCUT2D eigenvalue weighted by Crippen LogP contribution is 2.26. The smallest absolute Gasteiger partial charge is 0.0366 e. The number of rotatable bonds is 6. The topological polar surface area (TPSA) is 15.3 Å². The van der Waals surface area contributed by atoms with Crippen LogP contribution in [0, 0.1) is 0 Å². The van der Waals surface area contributed by atoms with Crippen molar-refractivity contribution in [2.45, 2.75) is 70.9 Å². The Labute approximate surface area is 130 Å². The molecule has 0 aliphatic heterocycles. The van der Waals surface area contributed by atoms with Gasteiger partial charge in [-0.2, -0.15) is 0 Å². The van der Waals surface area contributed by atoms with Gasteiger partial charge in [0.25, 0.3) is 0 Å². The lowest BCUT2D eigenvalue weighted by Gasteiger charge is -2.29. The van der Waals surface area contributed by atoms with Crippen molar-refractivity contribution in [2.24, 2.45) is 0 Å². The minimum absolute atomic E-state index is 0.446. The summed E-state index contributed by atoms with van der Waals surface area (Å²) in [6.07, 6.45) is 9.52. The second kappa shape index (κ2) is 8.43. The fourth-order valence-electron chi connectivity index (χ4n) is 3.33. The molecule has 1 aromatic carbocycles. The summed E-state index contributed by atoms with van der Waals surface area (Å²) < 4.78 is 0. The Hall–Kier alpha value is -1.02. The second-order valence-corrected chi connectivity index (χ2v) is 6.52. The largest absolute Gasteiger partial charge is 0.372 e. The van der Waals surface area contributed by atoms with E-state index in [1.54, 1.807) is 0 Å². The molecule has 0 spiro atoms. The van der Waals surface area contributed by atoms with Crippen molar-refractivity contribution in [2.75, 3.05) is 18.5 Å². The number of nitrogens with one attached hydrogen (secondary N) is 1. The number of hydrogen-bond donors (Lipinski definition) is 1. The van der Waals surface area contributed by atoms with Gasteiger partial charge < -0.3 is 10.2 Å². The molecule has 0 saturated heterocycles. The van der Waals surface area contributed by atoms with Gasteiger partial charge in [-0.3, -0.25) is 0 Å². The Morgan fingerprint density at radius 1 is 1.10 bits per heavy atom. The molecule has 1 fully saturated rings. The maximum atomic E-state index is 3.56. The molecule has 1 aliphatic rings. The van der Waals surface area contributed by atoms with E-state index in [2.05, 4.69) is 55.4 Å². The fourth-order valence-corrected chi connectivity index (χ4v) is 3.33. The molecule has 0 amide bonds. The van der Waals surface area contributed by atoms with Gasteiger partial charge >= 0.3 is 0 Å². The van der Waals surface area contributed by atoms with Gasteiger partial charge in [0.15, 0.2) is 0 Å². The van der Waals surface area contributed by atoms with E-state index in [9.17, 15) is 0 Å². The Morgan fingerprint density at radius 3 is 2.29 bits per heavy atom. The van der Waals surface area contributed by atoms with Gasteiger partial charge in [-0.1, -0.05) is 44.7 Å². The van der Waals surface area contributed by atoms with Crippen LogP contribution in [-0.4, -0.2) is 19.6 Å². The molecule has 1 N–H and O–H groups in total. The summed E-state index contributed by atoms with van der Waals surface area (Å²) in [5, 5.41) is 3.56. The van der Waals surface area contributed by atoms with Gasteiger partial charge in [-0.05, 0) is 50.4 Å². The minimum atomic E-state index is 0.446. The molecular weight excluding hydrogens is 256 g/mol. The summed E-state index contributed by atoms with van der Waals surface area (Å²) in [4.78, 5) is 2.50. The van der Waals surface area contributed by atoms with E-state index in [1.807, 2.05) is 0 Å². The van der Waals surface area contributed by atoms with E-state index in [-0.39, 0.29) is 0 Å². The van der Waals surface area contributed by atoms with Gasteiger partial charge in [0.05, 0.1) is 0 Å². The zero-order valence-electron chi connectivity index (χ0n) is 14.1. The lowest BCUT2D eigenvalue weighted by molar-refractivity contribution is 0.552. The van der Waals surface area contributed by atoms with Crippen molar-refractivity contribution in [3.8, 4) is 0 Å². The molecule has 0 heterocycles. The molecule has 1 aliphatic carbocycles. The van der Waals surface area contributed by atoms with Crippen LogP contribution in [0.5, 0.6) is 0 Å². The van der Waals surface area contributed by atoms with Crippen molar-refractivity contribution >= 4 is 5.69 Å². The molecule has 21 heavy (non-hydrogen) atoms. The van der Waals surface area contributed by atoms with Gasteiger partial charge in [0, 0.05) is 24.8 Å². The van der Waals surface area contributed by atoms with E-state index >= 15 is 0 Å². The Bertz CT molecular complexity index is 391. The van der Waals surface area contributed by atoms with Gasteiger partial charge in [-0.15, -0.1) is 0 Å². The normalized spacial score (nSPS) is 18.2. The second-order valence-electron chi connectivity index (χ2n) is 6.52. The summed E-state index contributed by atoms with van der Waals surface area (Å²) >= 11 is 0. The van der Waals surface area contributed by atoms with Crippen molar-refractivity contribution < 1.29 is 0 Å². The van der Waals surface area contributed by atoms with Crippen molar-refractivity contribution in [3.05, 3.63) is 29.8 Å². The van der Waals surface area contributed by atoms with Gasteiger partial charge in [0.2, 0.25) is 0 Å². The summed E-state index contributed by atoms with van der Waals surface area (Å²) in [5.41, 5.74) is 2.76. The number of anilines is 1. The molecule has 2 rings (SSSR count). The first-order valence-electron chi connectivity index (χ1n) is 8.78. The lowest BCUT2D eigenvalue weighted by atomic mass is 10.0. The van der Waals surface area contributed by atoms with Gasteiger partial charge in [0.1, 0.15) is 0 Å². The molecular formula is C19H32N2. The first kappa shape index (κ1) is 16.4. The molecule has 0 aromatic heterocycles. The highest BCUT2D eigenvalue weighted by Gasteiger charge is 2.17. The molecule has 1 saturated carbocycles. The van der Waals surface area contributed by atoms with E-state index < -0.39 is 0 Å². The summed E-state index contributed by atoms with van der Waals surface area (Å²) in [5.74, 6) is 0. The summed E-state index contributed by atoms with van der Waals surface area (Å²) in [7, 11) is 2.27. The lowest BCUT2D eigenvalue weighted by Crippen LogP contribution is -2.31. The van der Waals surface area contributed by atoms with Crippen LogP contribution in [0.2, 0.25) is 0 Å². The maximum Gasteiger partial charge on any atom is 0.0366 e. The SMILES string of the molecule is CCCNC(C)c1ccc(N(C)C2CCCCCC2)cc1. The molecule has 1 aromatic rings. The first-order valence-corrected chi connectivity index (χ1v) is 8.78. The van der Waals surface area contributed by atoms with E-state index in [4.69, 9.17) is 0 Å². The molecule has 0 radical (unpaired) electrons. The molecule has 2 heteroatoms. The standard InChI is InChI=1S/C19H32N2/c1-4-15-20-16(2)17-11-13-19(14-12-17)21(3)18-9-7-5-6-8-10-18/h11-14,16,18,20H,4-10,15H2,1-3H3. The molecule has 1 atom stereocenters. The quantitative estimate of drug-likeness (QED) is 0.748. The van der Waals surface area contributed by atoms with Crippen molar-refractivity contribution in [1.29, 1.82) is 0 Å². The minimum Gasteiger partial charge on any atom is -0.372 e. The van der Waals surface area contributed by atoms with Crippen LogP contribution in [-0.2, 0) is 0 Å². The number of hydrogen-bond acceptors (Lipinski definition) is 2. The third-order valence-corrected chi connectivity index (χ3v) is 4.87. The number of nitrogens with zero attached hydrogens (tertiary/aromatic N) is 1. The zero-order valence-corrected chi connectivity index (χ0v) is 14.1. The Morgan fingerprint density at radius 2 is 1.71 bits per heavy atom. The number of benzene rings is 1.